The molecule has 2 aromatic rings. The molecule has 7 heteroatoms. The first-order chi connectivity index (χ1) is 14.3. The molecular weight excluding hydrogens is 393 g/mol. The number of hydrogen-bond donors (Lipinski definition) is 0. The molecule has 0 amide bonds. The van der Waals surface area contributed by atoms with Gasteiger partial charge in [0.05, 0.1) is 31.8 Å². The summed E-state index contributed by atoms with van der Waals surface area (Å²) in [6.45, 7) is 1.57. The van der Waals surface area contributed by atoms with Crippen LogP contribution in [0.25, 0.3) is 0 Å². The number of nitrogens with zero attached hydrogens (tertiary/aromatic N) is 2. The molecule has 0 saturated heterocycles. The highest BCUT2D eigenvalue weighted by molar-refractivity contribution is 5.43. The zero-order chi connectivity index (χ0) is 22.1. The van der Waals surface area contributed by atoms with Gasteiger partial charge in [-0.3, -0.25) is 0 Å². The molecule has 2 rings (SSSR count). The van der Waals surface area contributed by atoms with Crippen LogP contribution in [0.5, 0.6) is 11.5 Å². The second-order valence-corrected chi connectivity index (χ2v) is 7.19. The molecule has 0 aromatic heterocycles. The number of halogens is 3. The summed E-state index contributed by atoms with van der Waals surface area (Å²) in [7, 11) is 5.19. The van der Waals surface area contributed by atoms with E-state index in [1.165, 1.54) is 6.07 Å². The van der Waals surface area contributed by atoms with E-state index < -0.39 is 17.7 Å². The third-order valence-corrected chi connectivity index (χ3v) is 5.03. The number of methoxy groups -OCH3 is 2. The van der Waals surface area contributed by atoms with Crippen molar-refractivity contribution in [2.24, 2.45) is 0 Å². The van der Waals surface area contributed by atoms with Crippen molar-refractivity contribution in [3.05, 3.63) is 59.2 Å². The predicted molar refractivity (Wildman–Crippen MR) is 110 cm³/mol. The Morgan fingerprint density at radius 1 is 1.03 bits per heavy atom. The Bertz CT molecular complexity index is 862. The fourth-order valence-electron chi connectivity index (χ4n) is 3.27. The molecule has 0 aliphatic heterocycles. The Kier molecular flexibility index (Phi) is 8.55. The monoisotopic (exact) mass is 420 g/mol. The smallest absolute Gasteiger partial charge is 0.416 e. The molecule has 30 heavy (non-hydrogen) atoms. The van der Waals surface area contributed by atoms with Crippen LogP contribution in [0.1, 0.15) is 35.4 Å². The molecule has 0 heterocycles. The third-order valence-electron chi connectivity index (χ3n) is 5.03. The van der Waals surface area contributed by atoms with Crippen LogP contribution in [-0.4, -0.2) is 39.3 Å². The van der Waals surface area contributed by atoms with E-state index in [2.05, 4.69) is 11.0 Å². The zero-order valence-electron chi connectivity index (χ0n) is 17.5. The molecule has 0 spiro atoms. The molecule has 0 saturated carbocycles. The van der Waals surface area contributed by atoms with Gasteiger partial charge in [0.15, 0.2) is 11.5 Å². The molecule has 1 unspecified atom stereocenters. The van der Waals surface area contributed by atoms with Gasteiger partial charge in [-0.2, -0.15) is 18.4 Å². The molecule has 0 fully saturated rings. The lowest BCUT2D eigenvalue weighted by Gasteiger charge is -2.18. The van der Waals surface area contributed by atoms with E-state index >= 15 is 0 Å². The third kappa shape index (κ3) is 6.67. The van der Waals surface area contributed by atoms with Gasteiger partial charge in [0.1, 0.15) is 0 Å². The van der Waals surface area contributed by atoms with E-state index in [0.717, 1.165) is 43.6 Å². The lowest BCUT2D eigenvalue weighted by molar-refractivity contribution is -0.137. The Labute approximate surface area is 175 Å². The SMILES string of the molecule is COc1ccc(CCN(C)CCCC(C#N)c2cccc(C(F)(F)F)c2)cc1OC. The first-order valence-corrected chi connectivity index (χ1v) is 9.74. The van der Waals surface area contributed by atoms with Crippen molar-refractivity contribution < 1.29 is 22.6 Å². The van der Waals surface area contributed by atoms with Crippen molar-refractivity contribution in [2.45, 2.75) is 31.4 Å². The van der Waals surface area contributed by atoms with Crippen molar-refractivity contribution in [3.63, 3.8) is 0 Å². The van der Waals surface area contributed by atoms with Crippen LogP contribution in [0.4, 0.5) is 13.2 Å². The highest BCUT2D eigenvalue weighted by Gasteiger charge is 2.31. The maximum Gasteiger partial charge on any atom is 0.416 e. The maximum absolute atomic E-state index is 12.9. The van der Waals surface area contributed by atoms with Gasteiger partial charge in [0, 0.05) is 6.54 Å². The van der Waals surface area contributed by atoms with Crippen molar-refractivity contribution in [2.75, 3.05) is 34.4 Å². The number of benzene rings is 2. The van der Waals surface area contributed by atoms with Gasteiger partial charge in [0.25, 0.3) is 0 Å². The van der Waals surface area contributed by atoms with Crippen LogP contribution in [-0.2, 0) is 12.6 Å². The van der Waals surface area contributed by atoms with Crippen molar-refractivity contribution in [1.82, 2.24) is 4.90 Å². The summed E-state index contributed by atoms with van der Waals surface area (Å²) in [4.78, 5) is 2.15. The summed E-state index contributed by atoms with van der Waals surface area (Å²) < 4.78 is 49.3. The van der Waals surface area contributed by atoms with Crippen molar-refractivity contribution in [1.29, 1.82) is 5.26 Å². The molecular formula is C23H27F3N2O2. The number of rotatable bonds is 10. The normalized spacial score (nSPS) is 12.5. The minimum absolute atomic E-state index is 0.417. The molecule has 1 atom stereocenters. The van der Waals surface area contributed by atoms with Gasteiger partial charge >= 0.3 is 6.18 Å². The number of alkyl halides is 3. The highest BCUT2D eigenvalue weighted by atomic mass is 19.4. The number of nitriles is 1. The van der Waals surface area contributed by atoms with Gasteiger partial charge in [-0.1, -0.05) is 24.3 Å². The van der Waals surface area contributed by atoms with Gasteiger partial charge < -0.3 is 14.4 Å². The van der Waals surface area contributed by atoms with E-state index in [-0.39, 0.29) is 0 Å². The summed E-state index contributed by atoms with van der Waals surface area (Å²) in [5.74, 6) is 0.828. The fourth-order valence-corrected chi connectivity index (χ4v) is 3.27. The average Bonchev–Trinajstić information content (AvgIpc) is 2.74. The summed E-state index contributed by atoms with van der Waals surface area (Å²) in [6.07, 6.45) is -2.35. The van der Waals surface area contributed by atoms with Crippen LogP contribution in [0.15, 0.2) is 42.5 Å². The van der Waals surface area contributed by atoms with E-state index in [0.29, 0.717) is 23.5 Å². The Balaban J connectivity index is 1.85. The first kappa shape index (κ1) is 23.6. The summed E-state index contributed by atoms with van der Waals surface area (Å²) >= 11 is 0. The van der Waals surface area contributed by atoms with E-state index in [1.54, 1.807) is 20.3 Å². The predicted octanol–water partition coefficient (Wildman–Crippen LogP) is 5.28. The second kappa shape index (κ2) is 10.9. The Morgan fingerprint density at radius 3 is 2.40 bits per heavy atom. The molecule has 0 bridgehead atoms. The summed E-state index contributed by atoms with van der Waals surface area (Å²) in [5, 5.41) is 9.42. The maximum atomic E-state index is 12.9. The number of hydrogen-bond acceptors (Lipinski definition) is 4. The van der Waals surface area contributed by atoms with Crippen LogP contribution in [0.2, 0.25) is 0 Å². The summed E-state index contributed by atoms with van der Waals surface area (Å²) in [5.41, 5.74) is 0.825. The highest BCUT2D eigenvalue weighted by Crippen LogP contribution is 2.32. The average molecular weight is 420 g/mol. The number of ether oxygens (including phenoxy) is 2. The van der Waals surface area contributed by atoms with Gasteiger partial charge in [-0.25, -0.2) is 0 Å². The fraction of sp³-hybridized carbons (Fsp3) is 0.435. The van der Waals surface area contributed by atoms with E-state index in [4.69, 9.17) is 9.47 Å². The van der Waals surface area contributed by atoms with Crippen molar-refractivity contribution in [3.8, 4) is 17.6 Å². The van der Waals surface area contributed by atoms with Crippen LogP contribution < -0.4 is 9.47 Å². The minimum Gasteiger partial charge on any atom is -0.493 e. The van der Waals surface area contributed by atoms with E-state index in [1.807, 2.05) is 25.2 Å². The molecule has 0 radical (unpaired) electrons. The Hall–Kier alpha value is -2.72. The molecule has 0 aliphatic rings. The van der Waals surface area contributed by atoms with Gasteiger partial charge in [-0.05, 0) is 62.2 Å². The number of likely N-dealkylation sites (N-methyl/N-ethyl adjacent to an activating group) is 1. The molecule has 0 N–H and O–H groups in total. The standard InChI is InChI=1S/C23H27F3N2O2/c1-28(13-11-17-9-10-21(29-2)22(14-17)30-3)12-5-7-19(16-27)18-6-4-8-20(15-18)23(24,25)26/h4,6,8-10,14-15,19H,5,7,11-13H2,1-3H3. The summed E-state index contributed by atoms with van der Waals surface area (Å²) in [6, 6.07) is 13.0. The topological polar surface area (TPSA) is 45.5 Å². The van der Waals surface area contributed by atoms with Crippen LogP contribution in [0.3, 0.4) is 0 Å². The molecule has 162 valence electrons. The molecule has 2 aromatic carbocycles. The largest absolute Gasteiger partial charge is 0.493 e. The molecule has 0 aliphatic carbocycles. The van der Waals surface area contributed by atoms with Crippen LogP contribution in [0, 0.1) is 11.3 Å². The lowest BCUT2D eigenvalue weighted by Crippen LogP contribution is -2.22. The lowest BCUT2D eigenvalue weighted by atomic mass is 9.94. The van der Waals surface area contributed by atoms with Gasteiger partial charge in [-0.15, -0.1) is 0 Å². The molecule has 4 nitrogen and oxygen atoms in total. The van der Waals surface area contributed by atoms with Crippen LogP contribution >= 0.6 is 0 Å². The Morgan fingerprint density at radius 2 is 1.77 bits per heavy atom. The first-order valence-electron chi connectivity index (χ1n) is 9.74. The minimum atomic E-state index is -4.40. The van der Waals surface area contributed by atoms with Gasteiger partial charge in [0.2, 0.25) is 0 Å². The second-order valence-electron chi connectivity index (χ2n) is 7.19. The zero-order valence-corrected chi connectivity index (χ0v) is 17.5. The quantitative estimate of drug-likeness (QED) is 0.524. The van der Waals surface area contributed by atoms with E-state index in [9.17, 15) is 18.4 Å². The van der Waals surface area contributed by atoms with Crippen molar-refractivity contribution >= 4 is 0 Å².